The lowest BCUT2D eigenvalue weighted by Crippen LogP contribution is -2.59. The Morgan fingerprint density at radius 2 is 1.69 bits per heavy atom. The summed E-state index contributed by atoms with van der Waals surface area (Å²) in [5.74, 6) is 0. The third kappa shape index (κ3) is 5.16. The van der Waals surface area contributed by atoms with Gasteiger partial charge in [0.2, 0.25) is 0 Å². The molecule has 0 aliphatic carbocycles. The fraction of sp³-hybridized carbons (Fsp3) is 1.00. The number of hydrogen-bond acceptors (Lipinski definition) is 6. The van der Waals surface area contributed by atoms with Crippen LogP contribution in [0.2, 0.25) is 0 Å². The quantitative estimate of drug-likeness (QED) is 0.277. The van der Waals surface area contributed by atoms with Gasteiger partial charge in [0.1, 0.15) is 5.54 Å². The third-order valence-electron chi connectivity index (χ3n) is 1.86. The maximum absolute atomic E-state index is 11.4. The van der Waals surface area contributed by atoms with Gasteiger partial charge in [-0.15, -0.1) is 0 Å². The second-order valence-corrected chi connectivity index (χ2v) is 4.75. The van der Waals surface area contributed by atoms with Gasteiger partial charge in [0.25, 0.3) is 10.2 Å². The topological polar surface area (TPSA) is 128 Å². The van der Waals surface area contributed by atoms with Gasteiger partial charge in [0, 0.05) is 13.7 Å². The molecule has 8 nitrogen and oxygen atoms in total. The minimum Gasteiger partial charge on any atom is -0.394 e. The summed E-state index contributed by atoms with van der Waals surface area (Å²) >= 11 is 0. The lowest BCUT2D eigenvalue weighted by Gasteiger charge is -2.28. The molecule has 0 aromatic carbocycles. The SMILES string of the molecule is COCCNS(=O)(=O)NC(CO)(CO)CO. The maximum atomic E-state index is 11.4. The minimum absolute atomic E-state index is 0.0458. The number of aliphatic hydroxyl groups is 3. The van der Waals surface area contributed by atoms with Gasteiger partial charge in [0.05, 0.1) is 26.4 Å². The predicted molar refractivity (Wildman–Crippen MR) is 55.9 cm³/mol. The molecule has 0 amide bonds. The molecular weight excluding hydrogens is 240 g/mol. The van der Waals surface area contributed by atoms with Gasteiger partial charge in [0.15, 0.2) is 0 Å². The molecule has 0 spiro atoms. The van der Waals surface area contributed by atoms with Crippen molar-refractivity contribution in [3.63, 3.8) is 0 Å². The summed E-state index contributed by atoms with van der Waals surface area (Å²) in [5.41, 5.74) is -1.67. The van der Waals surface area contributed by atoms with Crippen molar-refractivity contribution in [2.45, 2.75) is 5.54 Å². The van der Waals surface area contributed by atoms with E-state index in [2.05, 4.69) is 9.46 Å². The van der Waals surface area contributed by atoms with E-state index in [1.165, 1.54) is 7.11 Å². The normalized spacial score (nSPS) is 13.0. The number of aliphatic hydroxyl groups excluding tert-OH is 3. The highest BCUT2D eigenvalue weighted by Crippen LogP contribution is 2.02. The molecule has 0 atom stereocenters. The van der Waals surface area contributed by atoms with Crippen molar-refractivity contribution in [2.24, 2.45) is 0 Å². The van der Waals surface area contributed by atoms with Crippen molar-refractivity contribution in [1.29, 1.82) is 0 Å². The first kappa shape index (κ1) is 15.7. The van der Waals surface area contributed by atoms with Gasteiger partial charge in [-0.2, -0.15) is 17.9 Å². The van der Waals surface area contributed by atoms with E-state index in [0.29, 0.717) is 0 Å². The molecule has 0 radical (unpaired) electrons. The van der Waals surface area contributed by atoms with Crippen LogP contribution >= 0.6 is 0 Å². The summed E-state index contributed by atoms with van der Waals surface area (Å²) in [6, 6.07) is 0. The summed E-state index contributed by atoms with van der Waals surface area (Å²) in [6.07, 6.45) is 0. The molecule has 0 aromatic rings. The maximum Gasteiger partial charge on any atom is 0.277 e. The molecule has 0 saturated carbocycles. The molecule has 9 heteroatoms. The van der Waals surface area contributed by atoms with Crippen molar-refractivity contribution in [2.75, 3.05) is 40.1 Å². The fourth-order valence-electron chi connectivity index (χ4n) is 0.846. The van der Waals surface area contributed by atoms with E-state index in [-0.39, 0.29) is 13.2 Å². The first-order chi connectivity index (χ1) is 7.45. The zero-order chi connectivity index (χ0) is 12.7. The minimum atomic E-state index is -3.91. The Hall–Kier alpha value is -0.290. The van der Waals surface area contributed by atoms with Gasteiger partial charge in [-0.25, -0.2) is 0 Å². The zero-order valence-electron chi connectivity index (χ0n) is 9.01. The van der Waals surface area contributed by atoms with Crippen LogP contribution in [0.1, 0.15) is 0 Å². The van der Waals surface area contributed by atoms with Crippen molar-refractivity contribution < 1.29 is 28.5 Å². The fourth-order valence-corrected chi connectivity index (χ4v) is 2.03. The molecule has 0 heterocycles. The summed E-state index contributed by atoms with van der Waals surface area (Å²) in [4.78, 5) is 0. The number of hydrogen-bond donors (Lipinski definition) is 5. The van der Waals surface area contributed by atoms with Gasteiger partial charge >= 0.3 is 0 Å². The number of rotatable bonds is 9. The number of ether oxygens (including phenoxy) is 1. The Balaban J connectivity index is 4.42. The first-order valence-corrected chi connectivity index (χ1v) is 6.03. The molecule has 0 aromatic heterocycles. The van der Waals surface area contributed by atoms with Crippen LogP contribution in [-0.2, 0) is 14.9 Å². The summed E-state index contributed by atoms with van der Waals surface area (Å²) in [7, 11) is -2.49. The smallest absolute Gasteiger partial charge is 0.277 e. The summed E-state index contributed by atoms with van der Waals surface area (Å²) in [6.45, 7) is -1.92. The van der Waals surface area contributed by atoms with E-state index >= 15 is 0 Å². The lowest BCUT2D eigenvalue weighted by molar-refractivity contribution is 0.0579. The molecule has 0 fully saturated rings. The van der Waals surface area contributed by atoms with E-state index in [4.69, 9.17) is 15.3 Å². The highest BCUT2D eigenvalue weighted by atomic mass is 32.2. The second kappa shape index (κ2) is 7.12. The standard InChI is InChI=1S/C7H18N2O6S/c1-15-3-2-8-16(13,14)9-7(4-10,5-11)6-12/h8-12H,2-6H2,1H3. The lowest BCUT2D eigenvalue weighted by atomic mass is 10.1. The monoisotopic (exact) mass is 258 g/mol. The van der Waals surface area contributed by atoms with E-state index in [0.717, 1.165) is 0 Å². The highest BCUT2D eigenvalue weighted by Gasteiger charge is 2.32. The number of methoxy groups -OCH3 is 1. The second-order valence-electron chi connectivity index (χ2n) is 3.25. The van der Waals surface area contributed by atoms with Crippen molar-refractivity contribution in [1.82, 2.24) is 9.44 Å². The Bertz CT molecular complexity index is 268. The predicted octanol–water partition coefficient (Wildman–Crippen LogP) is -3.23. The van der Waals surface area contributed by atoms with Gasteiger partial charge in [-0.3, -0.25) is 0 Å². The van der Waals surface area contributed by atoms with Gasteiger partial charge < -0.3 is 20.1 Å². The Kier molecular flexibility index (Phi) is 6.99. The van der Waals surface area contributed by atoms with E-state index < -0.39 is 35.6 Å². The van der Waals surface area contributed by atoms with Crippen LogP contribution in [0.25, 0.3) is 0 Å². The highest BCUT2D eigenvalue weighted by molar-refractivity contribution is 7.87. The summed E-state index contributed by atoms with van der Waals surface area (Å²) in [5, 5.41) is 26.7. The summed E-state index contributed by atoms with van der Waals surface area (Å²) < 4.78 is 31.5. The Labute approximate surface area is 94.4 Å². The molecule has 0 bridgehead atoms. The van der Waals surface area contributed by atoms with E-state index in [1.54, 1.807) is 0 Å². The molecule has 0 aliphatic heterocycles. The van der Waals surface area contributed by atoms with Crippen LogP contribution < -0.4 is 9.44 Å². The van der Waals surface area contributed by atoms with E-state index in [1.807, 2.05) is 4.72 Å². The van der Waals surface area contributed by atoms with Crippen LogP contribution in [0.4, 0.5) is 0 Å². The van der Waals surface area contributed by atoms with E-state index in [9.17, 15) is 8.42 Å². The number of nitrogens with one attached hydrogen (secondary N) is 2. The molecule has 98 valence electrons. The zero-order valence-corrected chi connectivity index (χ0v) is 9.83. The van der Waals surface area contributed by atoms with Crippen LogP contribution in [0.3, 0.4) is 0 Å². The Morgan fingerprint density at radius 3 is 2.06 bits per heavy atom. The van der Waals surface area contributed by atoms with Crippen LogP contribution in [0.5, 0.6) is 0 Å². The van der Waals surface area contributed by atoms with Crippen molar-refractivity contribution in [3.05, 3.63) is 0 Å². The van der Waals surface area contributed by atoms with Crippen LogP contribution in [-0.4, -0.2) is 69.4 Å². The van der Waals surface area contributed by atoms with Crippen LogP contribution in [0.15, 0.2) is 0 Å². The molecule has 0 saturated heterocycles. The molecule has 0 unspecified atom stereocenters. The Morgan fingerprint density at radius 1 is 1.19 bits per heavy atom. The third-order valence-corrected chi connectivity index (χ3v) is 3.14. The van der Waals surface area contributed by atoms with Gasteiger partial charge in [-0.05, 0) is 0 Å². The molecular formula is C7H18N2O6S. The average molecular weight is 258 g/mol. The molecule has 5 N–H and O–H groups in total. The molecule has 16 heavy (non-hydrogen) atoms. The largest absolute Gasteiger partial charge is 0.394 e. The van der Waals surface area contributed by atoms with Crippen molar-refractivity contribution in [3.8, 4) is 0 Å². The molecule has 0 aliphatic rings. The average Bonchev–Trinajstić information content (AvgIpc) is 2.26. The van der Waals surface area contributed by atoms with Gasteiger partial charge in [-0.1, -0.05) is 0 Å². The van der Waals surface area contributed by atoms with Crippen molar-refractivity contribution >= 4 is 10.2 Å². The van der Waals surface area contributed by atoms with Crippen LogP contribution in [0, 0.1) is 0 Å². The first-order valence-electron chi connectivity index (χ1n) is 4.55. The molecule has 0 rings (SSSR count).